The minimum Gasteiger partial charge on any atom is -0.493 e. The molecule has 40 heavy (non-hydrogen) atoms. The highest BCUT2D eigenvalue weighted by molar-refractivity contribution is 6.12. The van der Waals surface area contributed by atoms with E-state index < -0.39 is 5.54 Å². The van der Waals surface area contributed by atoms with Crippen molar-refractivity contribution < 1.29 is 14.1 Å². The van der Waals surface area contributed by atoms with Crippen LogP contribution in [0.3, 0.4) is 0 Å². The van der Waals surface area contributed by atoms with Crippen molar-refractivity contribution in [1.82, 2.24) is 14.7 Å². The molecule has 0 fully saturated rings. The van der Waals surface area contributed by atoms with Crippen LogP contribution in [-0.4, -0.2) is 33.8 Å². The van der Waals surface area contributed by atoms with E-state index in [0.717, 1.165) is 16.8 Å². The van der Waals surface area contributed by atoms with Crippen LogP contribution in [0.2, 0.25) is 0 Å². The third-order valence-corrected chi connectivity index (χ3v) is 6.38. The number of hydrogen-bond donors (Lipinski definition) is 1. The van der Waals surface area contributed by atoms with Crippen molar-refractivity contribution in [3.8, 4) is 5.75 Å². The SMILES string of the molecule is C.CC.CCN1c2ncc(CCOc3ccc4on(C(C)(C)C)c(=O)c4c3)cc2C(=O)Nc2c(C)cc(C)nc21. The maximum Gasteiger partial charge on any atom is 0.290 e. The molecule has 1 amide bonds. The number of aryl methyl sites for hydroxylation is 2. The monoisotopic (exact) mass is 547 g/mol. The second kappa shape index (κ2) is 11.9. The second-order valence-corrected chi connectivity index (χ2v) is 10.3. The predicted octanol–water partition coefficient (Wildman–Crippen LogP) is 6.76. The van der Waals surface area contributed by atoms with E-state index in [9.17, 15) is 9.59 Å². The number of rotatable bonds is 5. The summed E-state index contributed by atoms with van der Waals surface area (Å²) in [6.45, 7) is 16.6. The van der Waals surface area contributed by atoms with E-state index in [1.54, 1.807) is 24.4 Å². The van der Waals surface area contributed by atoms with Gasteiger partial charge in [-0.3, -0.25) is 9.59 Å². The van der Waals surface area contributed by atoms with Gasteiger partial charge in [-0.1, -0.05) is 21.3 Å². The Kier molecular flexibility index (Phi) is 9.07. The quantitative estimate of drug-likeness (QED) is 0.294. The van der Waals surface area contributed by atoms with E-state index >= 15 is 0 Å². The number of hydrogen-bond acceptors (Lipinski definition) is 7. The summed E-state index contributed by atoms with van der Waals surface area (Å²) >= 11 is 0. The highest BCUT2D eigenvalue weighted by atomic mass is 16.5. The first-order valence-corrected chi connectivity index (χ1v) is 13.4. The molecule has 5 rings (SSSR count). The molecule has 0 radical (unpaired) electrons. The molecule has 214 valence electrons. The Bertz CT molecular complexity index is 1580. The number of carbonyl (C=O) groups is 1. The van der Waals surface area contributed by atoms with Crippen LogP contribution in [-0.2, 0) is 12.0 Å². The number of aromatic nitrogens is 3. The molecule has 0 unspecified atom stereocenters. The van der Waals surface area contributed by atoms with Gasteiger partial charge in [0.05, 0.1) is 28.8 Å². The van der Waals surface area contributed by atoms with Crippen LogP contribution in [0.25, 0.3) is 11.0 Å². The molecule has 0 spiro atoms. The molecule has 0 saturated carbocycles. The first kappa shape index (κ1) is 30.4. The van der Waals surface area contributed by atoms with Gasteiger partial charge < -0.3 is 19.5 Å². The Labute approximate surface area is 236 Å². The number of pyridine rings is 2. The topological polar surface area (TPSA) is 102 Å². The Hall–Kier alpha value is -4.14. The van der Waals surface area contributed by atoms with E-state index in [4.69, 9.17) is 9.26 Å². The largest absolute Gasteiger partial charge is 0.493 e. The maximum atomic E-state index is 13.2. The van der Waals surface area contributed by atoms with Crippen molar-refractivity contribution in [2.75, 3.05) is 23.4 Å². The first-order chi connectivity index (χ1) is 18.6. The highest BCUT2D eigenvalue weighted by Gasteiger charge is 2.28. The van der Waals surface area contributed by atoms with Gasteiger partial charge in [-0.05, 0) is 83.0 Å². The zero-order valence-electron chi connectivity index (χ0n) is 24.0. The molecule has 0 bridgehead atoms. The van der Waals surface area contributed by atoms with Gasteiger partial charge in [0, 0.05) is 24.9 Å². The Morgan fingerprint density at radius 3 is 2.45 bits per heavy atom. The Morgan fingerprint density at radius 2 is 1.77 bits per heavy atom. The molecule has 9 heteroatoms. The number of nitrogens with zero attached hydrogens (tertiary/aromatic N) is 4. The van der Waals surface area contributed by atoms with Gasteiger partial charge in [0.15, 0.2) is 11.4 Å². The molecular weight excluding hydrogens is 506 g/mol. The fourth-order valence-electron chi connectivity index (χ4n) is 4.59. The summed E-state index contributed by atoms with van der Waals surface area (Å²) in [7, 11) is 0. The Balaban J connectivity index is 0.00000144. The van der Waals surface area contributed by atoms with Gasteiger partial charge in [-0.15, -0.1) is 0 Å². The third-order valence-electron chi connectivity index (χ3n) is 6.38. The first-order valence-electron chi connectivity index (χ1n) is 13.4. The molecule has 1 aliphatic heterocycles. The van der Waals surface area contributed by atoms with Crippen molar-refractivity contribution in [2.24, 2.45) is 0 Å². The number of carbonyl (C=O) groups excluding carboxylic acids is 1. The standard InChI is InChI=1S/C28H31N5O4.C2H6.CH4/c1-7-32-24-21(26(34)31-23-16(2)12-17(3)30-25(23)32)13-18(15-29-24)10-11-36-19-8-9-22-20(14-19)27(35)33(37-22)28(4,5)6;1-2;/h8-9,12-15H,7,10-11H2,1-6H3,(H,31,34);1-2H3;1H4. The molecule has 0 atom stereocenters. The summed E-state index contributed by atoms with van der Waals surface area (Å²) in [5, 5.41) is 3.51. The number of benzene rings is 1. The molecule has 9 nitrogen and oxygen atoms in total. The van der Waals surface area contributed by atoms with Crippen LogP contribution in [0.5, 0.6) is 5.75 Å². The van der Waals surface area contributed by atoms with Crippen molar-refractivity contribution in [3.05, 3.63) is 69.3 Å². The van der Waals surface area contributed by atoms with Crippen molar-refractivity contribution >= 4 is 34.2 Å². The van der Waals surface area contributed by atoms with Crippen LogP contribution in [0, 0.1) is 13.8 Å². The van der Waals surface area contributed by atoms with Gasteiger partial charge >= 0.3 is 0 Å². The van der Waals surface area contributed by atoms with Gasteiger partial charge in [0.2, 0.25) is 0 Å². The zero-order chi connectivity index (χ0) is 28.5. The fraction of sp³-hybridized carbons (Fsp3) is 0.419. The Morgan fingerprint density at radius 1 is 1.05 bits per heavy atom. The van der Waals surface area contributed by atoms with Crippen LogP contribution in [0.1, 0.15) is 76.1 Å². The average molecular weight is 548 g/mol. The lowest BCUT2D eigenvalue weighted by Gasteiger charge is -2.23. The van der Waals surface area contributed by atoms with E-state index in [2.05, 4.69) is 15.3 Å². The minimum absolute atomic E-state index is 0. The fourth-order valence-corrected chi connectivity index (χ4v) is 4.59. The van der Waals surface area contributed by atoms with Gasteiger partial charge in [-0.25, -0.2) is 9.97 Å². The lowest BCUT2D eigenvalue weighted by Crippen LogP contribution is -2.30. The molecule has 1 aromatic carbocycles. The van der Waals surface area contributed by atoms with E-state index in [0.29, 0.717) is 59.2 Å². The van der Waals surface area contributed by atoms with Crippen molar-refractivity contribution in [3.63, 3.8) is 0 Å². The van der Waals surface area contributed by atoms with Gasteiger partial charge in [0.25, 0.3) is 11.5 Å². The van der Waals surface area contributed by atoms with E-state index in [1.165, 1.54) is 4.74 Å². The summed E-state index contributed by atoms with van der Waals surface area (Å²) in [6, 6.07) is 9.06. The minimum atomic E-state index is -0.454. The maximum absolute atomic E-state index is 13.2. The van der Waals surface area contributed by atoms with Crippen LogP contribution in [0.15, 0.2) is 45.8 Å². The van der Waals surface area contributed by atoms with Gasteiger partial charge in [-0.2, -0.15) is 4.74 Å². The molecule has 0 saturated heterocycles. The summed E-state index contributed by atoms with van der Waals surface area (Å²) in [6.07, 6.45) is 2.31. The molecule has 3 aromatic heterocycles. The number of nitrogens with one attached hydrogen (secondary N) is 1. The molecule has 1 N–H and O–H groups in total. The number of ether oxygens (including phenoxy) is 1. The molecule has 1 aliphatic rings. The molecule has 4 aromatic rings. The third kappa shape index (κ3) is 5.73. The summed E-state index contributed by atoms with van der Waals surface area (Å²) in [5.74, 6) is 1.66. The number of anilines is 3. The smallest absolute Gasteiger partial charge is 0.290 e. The summed E-state index contributed by atoms with van der Waals surface area (Å²) < 4.78 is 13.0. The highest BCUT2D eigenvalue weighted by Crippen LogP contribution is 2.37. The lowest BCUT2D eigenvalue weighted by atomic mass is 10.1. The van der Waals surface area contributed by atoms with E-state index in [-0.39, 0.29) is 18.9 Å². The number of fused-ring (bicyclic) bond motifs is 3. The van der Waals surface area contributed by atoms with Gasteiger partial charge in [0.1, 0.15) is 11.6 Å². The molecule has 0 aliphatic carbocycles. The van der Waals surface area contributed by atoms with Crippen LogP contribution in [0.4, 0.5) is 17.3 Å². The van der Waals surface area contributed by atoms with Crippen LogP contribution >= 0.6 is 0 Å². The van der Waals surface area contributed by atoms with Crippen molar-refractivity contribution in [1.29, 1.82) is 0 Å². The lowest BCUT2D eigenvalue weighted by molar-refractivity contribution is 0.102. The van der Waals surface area contributed by atoms with Crippen LogP contribution < -0.4 is 20.5 Å². The summed E-state index contributed by atoms with van der Waals surface area (Å²) in [5.41, 5.74) is 3.80. The zero-order valence-corrected chi connectivity index (χ0v) is 24.0. The molecule has 4 heterocycles. The summed E-state index contributed by atoms with van der Waals surface area (Å²) in [4.78, 5) is 37.2. The molecular formula is C31H41N5O4. The van der Waals surface area contributed by atoms with E-state index in [1.807, 2.05) is 72.4 Å². The predicted molar refractivity (Wildman–Crippen MR) is 161 cm³/mol. The van der Waals surface area contributed by atoms with Crippen molar-refractivity contribution in [2.45, 2.75) is 74.8 Å². The average Bonchev–Trinajstić information content (AvgIpc) is 3.18. The number of amides is 1. The normalized spacial score (nSPS) is 12.4. The second-order valence-electron chi connectivity index (χ2n) is 10.3.